The van der Waals surface area contributed by atoms with E-state index in [0.717, 1.165) is 31.4 Å². The highest BCUT2D eigenvalue weighted by Gasteiger charge is 2.42. The summed E-state index contributed by atoms with van der Waals surface area (Å²) in [5, 5.41) is 9.37. The SMILES string of the molecule is COc1ccc(CCCC(=O)N2CCO[C@H]3C[C@H](CO)C[C@@H]32)cc1. The molecule has 3 atom stereocenters. The number of benzene rings is 1. The third kappa shape index (κ3) is 3.90. The summed E-state index contributed by atoms with van der Waals surface area (Å²) in [5.41, 5.74) is 1.23. The number of methoxy groups -OCH3 is 1. The van der Waals surface area contributed by atoms with Gasteiger partial charge in [-0.3, -0.25) is 4.79 Å². The summed E-state index contributed by atoms with van der Waals surface area (Å²) in [6.07, 6.45) is 4.17. The van der Waals surface area contributed by atoms with E-state index in [1.54, 1.807) is 7.11 Å². The van der Waals surface area contributed by atoms with Crippen LogP contribution in [0.3, 0.4) is 0 Å². The molecular formula is C19H27NO4. The molecule has 0 aromatic heterocycles. The highest BCUT2D eigenvalue weighted by Crippen LogP contribution is 2.34. The number of aliphatic hydroxyl groups excluding tert-OH is 1. The Labute approximate surface area is 143 Å². The van der Waals surface area contributed by atoms with E-state index in [0.29, 0.717) is 19.6 Å². The zero-order chi connectivity index (χ0) is 16.9. The third-order valence-corrected chi connectivity index (χ3v) is 5.23. The topological polar surface area (TPSA) is 59.0 Å². The van der Waals surface area contributed by atoms with Gasteiger partial charge in [-0.2, -0.15) is 0 Å². The summed E-state index contributed by atoms with van der Waals surface area (Å²) < 4.78 is 11.0. The fraction of sp³-hybridized carbons (Fsp3) is 0.632. The van der Waals surface area contributed by atoms with Crippen LogP contribution in [0.2, 0.25) is 0 Å². The predicted octanol–water partition coefficient (Wildman–Crippen LogP) is 2.02. The largest absolute Gasteiger partial charge is 0.497 e. The lowest BCUT2D eigenvalue weighted by molar-refractivity contribution is -0.144. The van der Waals surface area contributed by atoms with E-state index >= 15 is 0 Å². The van der Waals surface area contributed by atoms with Crippen molar-refractivity contribution in [3.8, 4) is 5.75 Å². The molecule has 5 nitrogen and oxygen atoms in total. The Morgan fingerprint density at radius 2 is 2.12 bits per heavy atom. The number of aryl methyl sites for hydroxylation is 1. The normalized spacial score (nSPS) is 26.2. The van der Waals surface area contributed by atoms with Crippen molar-refractivity contribution >= 4 is 5.91 Å². The van der Waals surface area contributed by atoms with Gasteiger partial charge >= 0.3 is 0 Å². The zero-order valence-electron chi connectivity index (χ0n) is 14.3. The second-order valence-electron chi connectivity index (χ2n) is 6.79. The Hall–Kier alpha value is -1.59. The van der Waals surface area contributed by atoms with Crippen molar-refractivity contribution in [2.24, 2.45) is 5.92 Å². The van der Waals surface area contributed by atoms with Gasteiger partial charge in [-0.25, -0.2) is 0 Å². The Bertz CT molecular complexity index is 545. The van der Waals surface area contributed by atoms with Crippen molar-refractivity contribution in [1.82, 2.24) is 4.90 Å². The summed E-state index contributed by atoms with van der Waals surface area (Å²) in [6.45, 7) is 1.49. The van der Waals surface area contributed by atoms with Crippen LogP contribution in [0, 0.1) is 5.92 Å². The number of rotatable bonds is 6. The fourth-order valence-electron chi connectivity index (χ4n) is 3.89. The number of nitrogens with zero attached hydrogens (tertiary/aromatic N) is 1. The van der Waals surface area contributed by atoms with Gasteiger partial charge in [-0.1, -0.05) is 12.1 Å². The number of ether oxygens (including phenoxy) is 2. The molecule has 1 aromatic rings. The van der Waals surface area contributed by atoms with Crippen molar-refractivity contribution in [1.29, 1.82) is 0 Å². The molecule has 24 heavy (non-hydrogen) atoms. The van der Waals surface area contributed by atoms with E-state index in [1.807, 2.05) is 17.0 Å². The predicted molar refractivity (Wildman–Crippen MR) is 91.0 cm³/mol. The van der Waals surface area contributed by atoms with Crippen molar-refractivity contribution in [3.63, 3.8) is 0 Å². The number of hydrogen-bond donors (Lipinski definition) is 1. The first-order valence-electron chi connectivity index (χ1n) is 8.86. The minimum absolute atomic E-state index is 0.112. The van der Waals surface area contributed by atoms with Gasteiger partial charge in [-0.15, -0.1) is 0 Å². The molecular weight excluding hydrogens is 306 g/mol. The van der Waals surface area contributed by atoms with E-state index < -0.39 is 0 Å². The molecule has 1 aromatic carbocycles. The van der Waals surface area contributed by atoms with E-state index in [9.17, 15) is 9.90 Å². The van der Waals surface area contributed by atoms with Crippen LogP contribution in [0.5, 0.6) is 5.75 Å². The van der Waals surface area contributed by atoms with Gasteiger partial charge in [0.05, 0.1) is 25.9 Å². The molecule has 1 N–H and O–H groups in total. The zero-order valence-corrected chi connectivity index (χ0v) is 14.3. The average molecular weight is 333 g/mol. The van der Waals surface area contributed by atoms with Gasteiger partial charge in [0.1, 0.15) is 5.75 Å². The molecule has 1 saturated carbocycles. The third-order valence-electron chi connectivity index (χ3n) is 5.23. The maximum absolute atomic E-state index is 12.6. The van der Waals surface area contributed by atoms with Crippen LogP contribution in [0.25, 0.3) is 0 Å². The smallest absolute Gasteiger partial charge is 0.222 e. The first-order chi connectivity index (χ1) is 11.7. The van der Waals surface area contributed by atoms with Crippen LogP contribution < -0.4 is 4.74 Å². The van der Waals surface area contributed by atoms with E-state index in [4.69, 9.17) is 9.47 Å². The van der Waals surface area contributed by atoms with Crippen LogP contribution in [0.15, 0.2) is 24.3 Å². The van der Waals surface area contributed by atoms with E-state index in [-0.39, 0.29) is 30.6 Å². The van der Waals surface area contributed by atoms with E-state index in [1.165, 1.54) is 5.56 Å². The van der Waals surface area contributed by atoms with Gasteiger partial charge in [0.15, 0.2) is 0 Å². The second kappa shape index (κ2) is 7.99. The molecule has 1 saturated heterocycles. The highest BCUT2D eigenvalue weighted by atomic mass is 16.5. The summed E-state index contributed by atoms with van der Waals surface area (Å²) in [6, 6.07) is 8.17. The van der Waals surface area contributed by atoms with Crippen LogP contribution in [0.4, 0.5) is 0 Å². The standard InChI is InChI=1S/C19H27NO4/c1-23-16-7-5-14(6-8-16)3-2-4-19(22)20-9-10-24-18-12-15(13-21)11-17(18)20/h5-8,15,17-18,21H,2-4,9-13H2,1H3/t15-,17+,18+/m1/s1. The van der Waals surface area contributed by atoms with Crippen LogP contribution >= 0.6 is 0 Å². The average Bonchev–Trinajstić information content (AvgIpc) is 3.05. The number of carbonyl (C=O) groups is 1. The Morgan fingerprint density at radius 1 is 1.33 bits per heavy atom. The van der Waals surface area contributed by atoms with Gasteiger partial charge < -0.3 is 19.5 Å². The first kappa shape index (κ1) is 17.2. The number of amides is 1. The van der Waals surface area contributed by atoms with Gasteiger partial charge in [0.2, 0.25) is 5.91 Å². The molecule has 0 unspecified atom stereocenters. The number of aliphatic hydroxyl groups is 1. The fourth-order valence-corrected chi connectivity index (χ4v) is 3.89. The van der Waals surface area contributed by atoms with Crippen molar-refractivity contribution in [3.05, 3.63) is 29.8 Å². The molecule has 0 bridgehead atoms. The molecule has 0 radical (unpaired) electrons. The lowest BCUT2D eigenvalue weighted by Crippen LogP contribution is -2.51. The minimum atomic E-state index is 0.112. The van der Waals surface area contributed by atoms with Gasteiger partial charge in [0.25, 0.3) is 0 Å². The van der Waals surface area contributed by atoms with E-state index in [2.05, 4.69) is 12.1 Å². The molecule has 5 heteroatoms. The molecule has 132 valence electrons. The molecule has 2 fully saturated rings. The molecule has 1 aliphatic carbocycles. The molecule has 1 amide bonds. The van der Waals surface area contributed by atoms with Crippen LogP contribution in [-0.4, -0.2) is 54.9 Å². The van der Waals surface area contributed by atoms with Crippen molar-refractivity contribution < 1.29 is 19.4 Å². The summed E-state index contributed by atoms with van der Waals surface area (Å²) in [7, 11) is 1.66. The highest BCUT2D eigenvalue weighted by molar-refractivity contribution is 5.76. The maximum atomic E-state index is 12.6. The quantitative estimate of drug-likeness (QED) is 0.865. The summed E-state index contributed by atoms with van der Waals surface area (Å²) >= 11 is 0. The number of carbonyl (C=O) groups excluding carboxylic acids is 1. The van der Waals surface area contributed by atoms with Crippen LogP contribution in [-0.2, 0) is 16.0 Å². The first-order valence-corrected chi connectivity index (χ1v) is 8.86. The van der Waals surface area contributed by atoms with Crippen molar-refractivity contribution in [2.75, 3.05) is 26.9 Å². The number of fused-ring (bicyclic) bond motifs is 1. The minimum Gasteiger partial charge on any atom is -0.497 e. The van der Waals surface area contributed by atoms with Gasteiger partial charge in [-0.05, 0) is 49.3 Å². The Kier molecular flexibility index (Phi) is 5.74. The van der Waals surface area contributed by atoms with Gasteiger partial charge in [0, 0.05) is 19.6 Å². The molecule has 2 aliphatic rings. The monoisotopic (exact) mass is 333 g/mol. The second-order valence-corrected chi connectivity index (χ2v) is 6.79. The molecule has 0 spiro atoms. The molecule has 3 rings (SSSR count). The molecule has 1 heterocycles. The Balaban J connectivity index is 1.49. The number of hydrogen-bond acceptors (Lipinski definition) is 4. The lowest BCUT2D eigenvalue weighted by Gasteiger charge is -2.37. The van der Waals surface area contributed by atoms with Crippen molar-refractivity contribution in [2.45, 2.75) is 44.2 Å². The summed E-state index contributed by atoms with van der Waals surface area (Å²) in [4.78, 5) is 14.6. The molecule has 1 aliphatic heterocycles. The lowest BCUT2D eigenvalue weighted by atomic mass is 10.1. The van der Waals surface area contributed by atoms with Crippen LogP contribution in [0.1, 0.15) is 31.2 Å². The maximum Gasteiger partial charge on any atom is 0.222 e. The Morgan fingerprint density at radius 3 is 2.83 bits per heavy atom. The number of morpholine rings is 1. The summed E-state index contributed by atoms with van der Waals surface area (Å²) in [5.74, 6) is 1.35.